The maximum Gasteiger partial charge on any atom is 0.243 e. The molecule has 2 aromatic rings. The van der Waals surface area contributed by atoms with Crippen LogP contribution in [0.2, 0.25) is 10.0 Å². The highest BCUT2D eigenvalue weighted by atomic mass is 79.9. The molecular formula is C10H6BrCl2FN4O. The lowest BCUT2D eigenvalue weighted by atomic mass is 10.3. The van der Waals surface area contributed by atoms with Crippen LogP contribution >= 0.6 is 39.1 Å². The van der Waals surface area contributed by atoms with Crippen LogP contribution in [-0.2, 0) is 0 Å². The Hall–Kier alpha value is -1.15. The average Bonchev–Trinajstić information content (AvgIpc) is 2.38. The first-order chi connectivity index (χ1) is 9.01. The van der Waals surface area contributed by atoms with Crippen LogP contribution < -0.4 is 16.0 Å². The molecule has 0 saturated carbocycles. The molecule has 0 aliphatic heterocycles. The van der Waals surface area contributed by atoms with Gasteiger partial charge in [0.05, 0.1) is 15.7 Å². The molecule has 0 atom stereocenters. The van der Waals surface area contributed by atoms with Gasteiger partial charge < -0.3 is 4.74 Å². The van der Waals surface area contributed by atoms with Crippen LogP contribution in [0, 0.1) is 5.82 Å². The fourth-order valence-electron chi connectivity index (χ4n) is 1.18. The van der Waals surface area contributed by atoms with Crippen molar-refractivity contribution in [2.45, 2.75) is 0 Å². The smallest absolute Gasteiger partial charge is 0.243 e. The van der Waals surface area contributed by atoms with Crippen molar-refractivity contribution in [3.63, 3.8) is 0 Å². The van der Waals surface area contributed by atoms with Crippen LogP contribution in [0.15, 0.2) is 22.8 Å². The van der Waals surface area contributed by atoms with Gasteiger partial charge in [-0.25, -0.2) is 15.2 Å². The van der Waals surface area contributed by atoms with E-state index in [1.54, 1.807) is 0 Å². The van der Waals surface area contributed by atoms with Gasteiger partial charge >= 0.3 is 0 Å². The maximum absolute atomic E-state index is 13.4. The first-order valence-electron chi connectivity index (χ1n) is 4.83. The Morgan fingerprint density at radius 3 is 2.74 bits per heavy atom. The van der Waals surface area contributed by atoms with Crippen LogP contribution in [-0.4, -0.2) is 9.97 Å². The van der Waals surface area contributed by atoms with Gasteiger partial charge in [0.25, 0.3) is 0 Å². The molecular weight excluding hydrogens is 362 g/mol. The number of hydrogen-bond acceptors (Lipinski definition) is 5. The number of aromatic nitrogens is 2. The number of nitrogen functional groups attached to an aromatic ring is 1. The number of nitrogens with zero attached hydrogens (tertiary/aromatic N) is 2. The highest BCUT2D eigenvalue weighted by molar-refractivity contribution is 9.10. The Labute approximate surface area is 126 Å². The predicted molar refractivity (Wildman–Crippen MR) is 74.0 cm³/mol. The molecule has 0 fully saturated rings. The van der Waals surface area contributed by atoms with E-state index in [0.717, 1.165) is 6.07 Å². The second-order valence-corrected chi connectivity index (χ2v) is 4.96. The summed E-state index contributed by atoms with van der Waals surface area (Å²) in [6.45, 7) is 0. The normalized spacial score (nSPS) is 10.4. The van der Waals surface area contributed by atoms with Crippen molar-refractivity contribution in [3.05, 3.63) is 38.7 Å². The lowest BCUT2D eigenvalue weighted by Crippen LogP contribution is -2.10. The number of benzene rings is 1. The minimum absolute atomic E-state index is 0.0303. The summed E-state index contributed by atoms with van der Waals surface area (Å²) in [5.74, 6) is 4.87. The standard InChI is InChI=1S/C10H6BrCl2FN4O/c11-4-1-5(12)7(14)2-8(4)19-9-6(13)3-16-10(17-9)18-15/h1-3H,15H2,(H,16,17,18). The second kappa shape index (κ2) is 5.87. The molecule has 0 bridgehead atoms. The summed E-state index contributed by atoms with van der Waals surface area (Å²) in [5.41, 5.74) is 2.25. The summed E-state index contributed by atoms with van der Waals surface area (Å²) in [5, 5.41) is 0.124. The molecule has 9 heteroatoms. The van der Waals surface area contributed by atoms with Gasteiger partial charge in [-0.15, -0.1) is 0 Å². The van der Waals surface area contributed by atoms with E-state index in [-0.39, 0.29) is 27.6 Å². The van der Waals surface area contributed by atoms with Crippen molar-refractivity contribution in [1.29, 1.82) is 0 Å². The SMILES string of the molecule is NNc1ncc(Cl)c(Oc2cc(F)c(Cl)cc2Br)n1. The quantitative estimate of drug-likeness (QED) is 0.490. The van der Waals surface area contributed by atoms with Gasteiger partial charge in [-0.2, -0.15) is 4.98 Å². The Morgan fingerprint density at radius 1 is 1.32 bits per heavy atom. The molecule has 1 aromatic heterocycles. The Bertz CT molecular complexity index is 629. The van der Waals surface area contributed by atoms with Crippen molar-refractivity contribution in [1.82, 2.24) is 9.97 Å². The fourth-order valence-corrected chi connectivity index (χ4v) is 2.03. The molecule has 100 valence electrons. The van der Waals surface area contributed by atoms with Crippen LogP contribution in [0.3, 0.4) is 0 Å². The zero-order valence-corrected chi connectivity index (χ0v) is 12.2. The Morgan fingerprint density at radius 2 is 2.05 bits per heavy atom. The summed E-state index contributed by atoms with van der Waals surface area (Å²) < 4.78 is 19.2. The number of hydrazine groups is 1. The lowest BCUT2D eigenvalue weighted by molar-refractivity contribution is 0.455. The molecule has 1 heterocycles. The second-order valence-electron chi connectivity index (χ2n) is 3.29. The van der Waals surface area contributed by atoms with E-state index >= 15 is 0 Å². The van der Waals surface area contributed by atoms with Crippen molar-refractivity contribution >= 4 is 45.1 Å². The molecule has 0 aliphatic carbocycles. The van der Waals surface area contributed by atoms with Crippen LogP contribution in [0.4, 0.5) is 10.3 Å². The minimum Gasteiger partial charge on any atom is -0.436 e. The lowest BCUT2D eigenvalue weighted by Gasteiger charge is -2.09. The Kier molecular flexibility index (Phi) is 4.41. The number of ether oxygens (including phenoxy) is 1. The third kappa shape index (κ3) is 3.24. The molecule has 0 unspecified atom stereocenters. The highest BCUT2D eigenvalue weighted by Crippen LogP contribution is 2.35. The zero-order chi connectivity index (χ0) is 14.0. The highest BCUT2D eigenvalue weighted by Gasteiger charge is 2.12. The molecule has 2 rings (SSSR count). The topological polar surface area (TPSA) is 73.1 Å². The number of nitrogens with one attached hydrogen (secondary N) is 1. The van der Waals surface area contributed by atoms with Crippen molar-refractivity contribution in [2.24, 2.45) is 5.84 Å². The molecule has 0 aliphatic rings. The van der Waals surface area contributed by atoms with E-state index < -0.39 is 5.82 Å². The van der Waals surface area contributed by atoms with Gasteiger partial charge in [0.1, 0.15) is 16.6 Å². The number of hydrogen-bond donors (Lipinski definition) is 2. The fraction of sp³-hybridized carbons (Fsp3) is 0. The van der Waals surface area contributed by atoms with Gasteiger partial charge in [0, 0.05) is 6.07 Å². The summed E-state index contributed by atoms with van der Waals surface area (Å²) in [7, 11) is 0. The van der Waals surface area contributed by atoms with Crippen molar-refractivity contribution < 1.29 is 9.13 Å². The average molecular weight is 368 g/mol. The van der Waals surface area contributed by atoms with Gasteiger partial charge in [-0.05, 0) is 22.0 Å². The first kappa shape index (κ1) is 14.3. The maximum atomic E-state index is 13.4. The molecule has 0 amide bonds. The van der Waals surface area contributed by atoms with Gasteiger partial charge in [-0.3, -0.25) is 5.43 Å². The summed E-state index contributed by atoms with van der Waals surface area (Å²) in [6, 6.07) is 2.48. The van der Waals surface area contributed by atoms with Gasteiger partial charge in [-0.1, -0.05) is 23.2 Å². The third-order valence-electron chi connectivity index (χ3n) is 2.02. The summed E-state index contributed by atoms with van der Waals surface area (Å²) >= 11 is 14.7. The molecule has 19 heavy (non-hydrogen) atoms. The molecule has 0 radical (unpaired) electrons. The predicted octanol–water partition coefficient (Wildman–Crippen LogP) is 3.76. The zero-order valence-electron chi connectivity index (χ0n) is 9.12. The van der Waals surface area contributed by atoms with Crippen molar-refractivity contribution in [3.8, 4) is 11.6 Å². The Balaban J connectivity index is 2.38. The minimum atomic E-state index is -0.623. The van der Waals surface area contributed by atoms with E-state index in [1.807, 2.05) is 0 Å². The van der Waals surface area contributed by atoms with Gasteiger partial charge in [0.2, 0.25) is 11.8 Å². The number of halogens is 4. The number of rotatable bonds is 3. The molecule has 1 aromatic carbocycles. The molecule has 3 N–H and O–H groups in total. The van der Waals surface area contributed by atoms with E-state index in [2.05, 4.69) is 31.3 Å². The van der Waals surface area contributed by atoms with Crippen molar-refractivity contribution in [2.75, 3.05) is 5.43 Å². The third-order valence-corrected chi connectivity index (χ3v) is 3.19. The van der Waals surface area contributed by atoms with E-state index in [0.29, 0.717) is 4.47 Å². The van der Waals surface area contributed by atoms with Gasteiger partial charge in [0.15, 0.2) is 0 Å². The molecule has 0 saturated heterocycles. The van der Waals surface area contributed by atoms with Crippen LogP contribution in [0.25, 0.3) is 0 Å². The number of anilines is 1. The molecule has 0 spiro atoms. The summed E-state index contributed by atoms with van der Waals surface area (Å²) in [6.07, 6.45) is 1.30. The molecule has 5 nitrogen and oxygen atoms in total. The van der Waals surface area contributed by atoms with E-state index in [9.17, 15) is 4.39 Å². The van der Waals surface area contributed by atoms with E-state index in [4.69, 9.17) is 33.8 Å². The van der Waals surface area contributed by atoms with Crippen LogP contribution in [0.5, 0.6) is 11.6 Å². The van der Waals surface area contributed by atoms with Crippen LogP contribution in [0.1, 0.15) is 0 Å². The largest absolute Gasteiger partial charge is 0.436 e. The summed E-state index contributed by atoms with van der Waals surface area (Å²) in [4.78, 5) is 7.69. The van der Waals surface area contributed by atoms with E-state index in [1.165, 1.54) is 12.3 Å². The first-order valence-corrected chi connectivity index (χ1v) is 6.37. The monoisotopic (exact) mass is 366 g/mol. The number of nitrogens with two attached hydrogens (primary N) is 1.